The van der Waals surface area contributed by atoms with Gasteiger partial charge in [-0.25, -0.2) is 0 Å². The lowest BCUT2D eigenvalue weighted by molar-refractivity contribution is 0.208. The molecule has 0 aromatic heterocycles. The predicted octanol–water partition coefficient (Wildman–Crippen LogP) is 3.28. The Hall–Kier alpha value is -0.300. The maximum Gasteiger partial charge on any atom is 0.0720 e. The normalized spacial score (nSPS) is 13.9. The van der Waals surface area contributed by atoms with Gasteiger partial charge in [0.2, 0.25) is 0 Å². The van der Waals surface area contributed by atoms with E-state index in [1.165, 1.54) is 25.7 Å². The molecule has 72 valence electrons. The standard InChI is InChI=1S/C11H22O/c1-3-5-6-7-8-10-11(12)9-4-2/h4,9,11-12H,3,5-8,10H2,1-2H3/b9-4+/t11-/m0/s1. The summed E-state index contributed by atoms with van der Waals surface area (Å²) in [5, 5.41) is 9.32. The molecule has 1 heteroatoms. The number of unbranched alkanes of at least 4 members (excludes halogenated alkanes) is 4. The molecule has 0 spiro atoms. The van der Waals surface area contributed by atoms with Crippen LogP contribution in [0.4, 0.5) is 0 Å². The van der Waals surface area contributed by atoms with Crippen molar-refractivity contribution in [1.29, 1.82) is 0 Å². The molecule has 0 amide bonds. The zero-order valence-corrected chi connectivity index (χ0v) is 8.42. The molecule has 0 fully saturated rings. The molecule has 0 rings (SSSR count). The van der Waals surface area contributed by atoms with Crippen LogP contribution in [0.3, 0.4) is 0 Å². The zero-order valence-electron chi connectivity index (χ0n) is 8.42. The van der Waals surface area contributed by atoms with Crippen LogP contribution in [0.1, 0.15) is 52.4 Å². The first-order valence-electron chi connectivity index (χ1n) is 5.12. The van der Waals surface area contributed by atoms with Gasteiger partial charge in [0, 0.05) is 0 Å². The van der Waals surface area contributed by atoms with Gasteiger partial charge >= 0.3 is 0 Å². The van der Waals surface area contributed by atoms with E-state index in [9.17, 15) is 5.11 Å². The maximum atomic E-state index is 9.32. The lowest BCUT2D eigenvalue weighted by Crippen LogP contribution is -2.00. The molecular formula is C11H22O. The van der Waals surface area contributed by atoms with Crippen molar-refractivity contribution < 1.29 is 5.11 Å². The number of rotatable bonds is 7. The molecule has 0 aliphatic carbocycles. The van der Waals surface area contributed by atoms with Gasteiger partial charge in [0.25, 0.3) is 0 Å². The second-order valence-corrected chi connectivity index (χ2v) is 3.30. The van der Waals surface area contributed by atoms with E-state index in [0.29, 0.717) is 0 Å². The Kier molecular flexibility index (Phi) is 8.57. The Morgan fingerprint density at radius 3 is 2.42 bits per heavy atom. The second-order valence-electron chi connectivity index (χ2n) is 3.30. The average molecular weight is 170 g/mol. The van der Waals surface area contributed by atoms with E-state index in [1.807, 2.05) is 19.1 Å². The Balaban J connectivity index is 3.08. The van der Waals surface area contributed by atoms with E-state index < -0.39 is 0 Å². The monoisotopic (exact) mass is 170 g/mol. The summed E-state index contributed by atoms with van der Waals surface area (Å²) >= 11 is 0. The van der Waals surface area contributed by atoms with E-state index in [2.05, 4.69) is 6.92 Å². The first-order valence-corrected chi connectivity index (χ1v) is 5.12. The largest absolute Gasteiger partial charge is 0.389 e. The summed E-state index contributed by atoms with van der Waals surface area (Å²) in [5.41, 5.74) is 0. The van der Waals surface area contributed by atoms with Gasteiger partial charge in [-0.05, 0) is 13.3 Å². The van der Waals surface area contributed by atoms with Crippen LogP contribution in [0.5, 0.6) is 0 Å². The Bertz CT molecular complexity index is 108. The fraction of sp³-hybridized carbons (Fsp3) is 0.818. The molecule has 1 atom stereocenters. The molecule has 0 saturated carbocycles. The van der Waals surface area contributed by atoms with Crippen LogP contribution in [-0.2, 0) is 0 Å². The molecule has 12 heavy (non-hydrogen) atoms. The van der Waals surface area contributed by atoms with E-state index in [1.54, 1.807) is 0 Å². The van der Waals surface area contributed by atoms with Crippen LogP contribution < -0.4 is 0 Å². The lowest BCUT2D eigenvalue weighted by Gasteiger charge is -2.04. The summed E-state index contributed by atoms with van der Waals surface area (Å²) in [6.07, 6.45) is 10.9. The van der Waals surface area contributed by atoms with Gasteiger partial charge in [0.05, 0.1) is 6.10 Å². The minimum absolute atomic E-state index is 0.211. The Morgan fingerprint density at radius 1 is 1.17 bits per heavy atom. The van der Waals surface area contributed by atoms with E-state index >= 15 is 0 Å². The number of allylic oxidation sites excluding steroid dienone is 1. The van der Waals surface area contributed by atoms with E-state index in [0.717, 1.165) is 12.8 Å². The topological polar surface area (TPSA) is 20.2 Å². The third-order valence-electron chi connectivity index (χ3n) is 2.02. The van der Waals surface area contributed by atoms with Crippen LogP contribution in [0.2, 0.25) is 0 Å². The van der Waals surface area contributed by atoms with Gasteiger partial charge in [-0.1, -0.05) is 51.2 Å². The third kappa shape index (κ3) is 7.80. The highest BCUT2D eigenvalue weighted by atomic mass is 16.3. The van der Waals surface area contributed by atoms with E-state index in [-0.39, 0.29) is 6.10 Å². The van der Waals surface area contributed by atoms with E-state index in [4.69, 9.17) is 0 Å². The SMILES string of the molecule is C/C=C/[C@H](O)CCCCCCC. The summed E-state index contributed by atoms with van der Waals surface area (Å²) in [5.74, 6) is 0. The van der Waals surface area contributed by atoms with Crippen LogP contribution in [0.25, 0.3) is 0 Å². The van der Waals surface area contributed by atoms with Crippen LogP contribution in [-0.4, -0.2) is 11.2 Å². The smallest absolute Gasteiger partial charge is 0.0720 e. The number of hydrogen-bond donors (Lipinski definition) is 1. The van der Waals surface area contributed by atoms with Gasteiger partial charge in [0.1, 0.15) is 0 Å². The minimum Gasteiger partial charge on any atom is -0.389 e. The predicted molar refractivity (Wildman–Crippen MR) is 54.2 cm³/mol. The molecule has 1 nitrogen and oxygen atoms in total. The fourth-order valence-corrected chi connectivity index (χ4v) is 1.28. The van der Waals surface area contributed by atoms with Gasteiger partial charge < -0.3 is 5.11 Å². The van der Waals surface area contributed by atoms with Crippen molar-refractivity contribution in [2.75, 3.05) is 0 Å². The molecule has 0 unspecified atom stereocenters. The summed E-state index contributed by atoms with van der Waals surface area (Å²) < 4.78 is 0. The van der Waals surface area contributed by atoms with Gasteiger partial charge in [-0.3, -0.25) is 0 Å². The van der Waals surface area contributed by atoms with Crippen LogP contribution in [0, 0.1) is 0 Å². The minimum atomic E-state index is -0.211. The molecule has 0 heterocycles. The summed E-state index contributed by atoms with van der Waals surface area (Å²) in [6, 6.07) is 0. The van der Waals surface area contributed by atoms with Crippen molar-refractivity contribution >= 4 is 0 Å². The fourth-order valence-electron chi connectivity index (χ4n) is 1.28. The Morgan fingerprint density at radius 2 is 1.83 bits per heavy atom. The van der Waals surface area contributed by atoms with Crippen molar-refractivity contribution in [1.82, 2.24) is 0 Å². The molecular weight excluding hydrogens is 148 g/mol. The summed E-state index contributed by atoms with van der Waals surface area (Å²) in [4.78, 5) is 0. The third-order valence-corrected chi connectivity index (χ3v) is 2.02. The maximum absolute atomic E-state index is 9.32. The van der Waals surface area contributed by atoms with Gasteiger partial charge in [-0.15, -0.1) is 0 Å². The summed E-state index contributed by atoms with van der Waals surface area (Å²) in [7, 11) is 0. The first kappa shape index (κ1) is 11.7. The van der Waals surface area contributed by atoms with Gasteiger partial charge in [-0.2, -0.15) is 0 Å². The first-order chi connectivity index (χ1) is 5.81. The summed E-state index contributed by atoms with van der Waals surface area (Å²) in [6.45, 7) is 4.16. The molecule has 1 N–H and O–H groups in total. The molecule has 0 bridgehead atoms. The van der Waals surface area contributed by atoms with Crippen molar-refractivity contribution in [3.63, 3.8) is 0 Å². The van der Waals surface area contributed by atoms with Crippen molar-refractivity contribution in [2.45, 2.75) is 58.5 Å². The number of aliphatic hydroxyl groups excluding tert-OH is 1. The van der Waals surface area contributed by atoms with Crippen LogP contribution >= 0.6 is 0 Å². The zero-order chi connectivity index (χ0) is 9.23. The number of aliphatic hydroxyl groups is 1. The van der Waals surface area contributed by atoms with Crippen molar-refractivity contribution in [3.05, 3.63) is 12.2 Å². The molecule has 0 saturated heterocycles. The molecule has 0 aliphatic rings. The molecule has 0 aliphatic heterocycles. The highest BCUT2D eigenvalue weighted by molar-refractivity contribution is 4.84. The molecule has 0 aromatic carbocycles. The van der Waals surface area contributed by atoms with Gasteiger partial charge in [0.15, 0.2) is 0 Å². The highest BCUT2D eigenvalue weighted by Gasteiger charge is 1.97. The second kappa shape index (κ2) is 8.79. The van der Waals surface area contributed by atoms with Crippen molar-refractivity contribution in [2.24, 2.45) is 0 Å². The van der Waals surface area contributed by atoms with Crippen molar-refractivity contribution in [3.8, 4) is 0 Å². The average Bonchev–Trinajstić information content (AvgIpc) is 2.05. The number of hydrogen-bond acceptors (Lipinski definition) is 1. The highest BCUT2D eigenvalue weighted by Crippen LogP contribution is 2.07. The lowest BCUT2D eigenvalue weighted by atomic mass is 10.1. The molecule has 0 radical (unpaired) electrons. The quantitative estimate of drug-likeness (QED) is 0.459. The molecule has 0 aromatic rings. The van der Waals surface area contributed by atoms with Crippen LogP contribution in [0.15, 0.2) is 12.2 Å². The Labute approximate surface area is 76.5 Å².